The quantitative estimate of drug-likeness (QED) is 0.495. The van der Waals surface area contributed by atoms with Crippen LogP contribution in [0.4, 0.5) is 0 Å². The van der Waals surface area contributed by atoms with Gasteiger partial charge < -0.3 is 24.8 Å². The fourth-order valence-corrected chi connectivity index (χ4v) is 2.83. The summed E-state index contributed by atoms with van der Waals surface area (Å²) in [6.45, 7) is 0. The van der Waals surface area contributed by atoms with Crippen LogP contribution in [0.15, 0.2) is 48.5 Å². The molecular formula is C13H9Cl2V. The van der Waals surface area contributed by atoms with Crippen molar-refractivity contribution in [1.82, 2.24) is 0 Å². The van der Waals surface area contributed by atoms with E-state index in [-0.39, 0.29) is 24.8 Å². The molecule has 0 aromatic heterocycles. The van der Waals surface area contributed by atoms with Crippen molar-refractivity contribution in [2.24, 2.45) is 0 Å². The molecule has 0 bridgehead atoms. The first kappa shape index (κ1) is 13.7. The van der Waals surface area contributed by atoms with Gasteiger partial charge in [0, 0.05) is 0 Å². The molecule has 0 atom stereocenters. The van der Waals surface area contributed by atoms with Crippen molar-refractivity contribution in [3.63, 3.8) is 0 Å². The van der Waals surface area contributed by atoms with Crippen LogP contribution in [-0.2, 0) is 17.4 Å². The molecule has 0 fully saturated rings. The summed E-state index contributed by atoms with van der Waals surface area (Å²) in [6.07, 6.45) is 0. The maximum atomic E-state index is 2.77. The molecule has 3 heteroatoms. The van der Waals surface area contributed by atoms with Crippen molar-refractivity contribution in [3.05, 3.63) is 59.7 Å². The van der Waals surface area contributed by atoms with Gasteiger partial charge >= 0.3 is 92.8 Å². The molecule has 0 spiro atoms. The Hall–Kier alpha value is -0.396. The van der Waals surface area contributed by atoms with Gasteiger partial charge in [0.25, 0.3) is 0 Å². The first-order valence-electron chi connectivity index (χ1n) is 4.74. The minimum absolute atomic E-state index is 0. The summed E-state index contributed by atoms with van der Waals surface area (Å²) in [7, 11) is 0. The van der Waals surface area contributed by atoms with Gasteiger partial charge in [0.15, 0.2) is 0 Å². The van der Waals surface area contributed by atoms with Gasteiger partial charge in [0.1, 0.15) is 0 Å². The molecule has 0 heterocycles. The molecule has 80 valence electrons. The zero-order valence-corrected chi connectivity index (χ0v) is 11.3. The third kappa shape index (κ3) is 1.91. The Morgan fingerprint density at radius 2 is 1.06 bits per heavy atom. The van der Waals surface area contributed by atoms with Gasteiger partial charge in [-0.05, 0) is 0 Å². The summed E-state index contributed by atoms with van der Waals surface area (Å²) in [4.78, 5) is 0. The third-order valence-electron chi connectivity index (χ3n) is 2.80. The van der Waals surface area contributed by atoms with E-state index in [1.165, 1.54) is 22.3 Å². The van der Waals surface area contributed by atoms with E-state index in [1.807, 2.05) is 0 Å². The molecule has 0 nitrogen and oxygen atoms in total. The molecule has 0 saturated carbocycles. The molecule has 0 unspecified atom stereocenters. The molecule has 3 rings (SSSR count). The normalized spacial score (nSPS) is 11.9. The molecule has 0 N–H and O–H groups in total. The second kappa shape index (κ2) is 5.29. The molecule has 0 saturated heterocycles. The van der Waals surface area contributed by atoms with Crippen LogP contribution in [-0.4, -0.2) is 0 Å². The Morgan fingerprint density at radius 1 is 0.688 bits per heavy atom. The zero-order chi connectivity index (χ0) is 9.54. The summed E-state index contributed by atoms with van der Waals surface area (Å²) < 4.78 is 0.495. The Morgan fingerprint density at radius 3 is 1.50 bits per heavy atom. The topological polar surface area (TPSA) is 0 Å². The number of fused-ring (bicyclic) bond motifs is 3. The number of benzene rings is 2. The van der Waals surface area contributed by atoms with Crippen molar-refractivity contribution >= 4 is 0 Å². The molecular weight excluding hydrogens is 278 g/mol. The number of hydrogen-bond acceptors (Lipinski definition) is 0. The van der Waals surface area contributed by atoms with Crippen molar-refractivity contribution in [2.75, 3.05) is 0 Å². The van der Waals surface area contributed by atoms with Gasteiger partial charge in [0.2, 0.25) is 0 Å². The van der Waals surface area contributed by atoms with Gasteiger partial charge in [-0.25, -0.2) is 0 Å². The van der Waals surface area contributed by atoms with Crippen LogP contribution in [0.2, 0.25) is 0 Å². The third-order valence-corrected chi connectivity index (χ3v) is 3.67. The first-order valence-corrected chi connectivity index (χ1v) is 5.55. The molecule has 16 heavy (non-hydrogen) atoms. The molecule has 0 aliphatic heterocycles. The van der Waals surface area contributed by atoms with Gasteiger partial charge in [-0.3, -0.25) is 0 Å². The van der Waals surface area contributed by atoms with E-state index in [0.29, 0.717) is 4.63 Å². The fourth-order valence-electron chi connectivity index (χ4n) is 2.13. The van der Waals surface area contributed by atoms with Crippen molar-refractivity contribution in [1.29, 1.82) is 0 Å². The van der Waals surface area contributed by atoms with Crippen molar-refractivity contribution in [3.8, 4) is 11.1 Å². The second-order valence-electron chi connectivity index (χ2n) is 3.58. The van der Waals surface area contributed by atoms with Crippen LogP contribution in [0.1, 0.15) is 15.8 Å². The van der Waals surface area contributed by atoms with E-state index in [4.69, 9.17) is 0 Å². The van der Waals surface area contributed by atoms with Crippen LogP contribution in [0.25, 0.3) is 11.1 Å². The SMILES string of the molecule is [Cl-].[Cl-].[V+2][CH]1c2ccccc2-c2ccccc21. The second-order valence-corrected chi connectivity index (χ2v) is 4.38. The number of halogens is 2. The van der Waals surface area contributed by atoms with E-state index in [9.17, 15) is 0 Å². The van der Waals surface area contributed by atoms with Crippen molar-refractivity contribution < 1.29 is 42.2 Å². The summed E-state index contributed by atoms with van der Waals surface area (Å²) in [5.74, 6) is 0. The van der Waals surface area contributed by atoms with Crippen LogP contribution in [0, 0.1) is 0 Å². The number of rotatable bonds is 0. The maximum absolute atomic E-state index is 2.77. The van der Waals surface area contributed by atoms with E-state index in [1.54, 1.807) is 0 Å². The predicted octanol–water partition coefficient (Wildman–Crippen LogP) is -2.69. The van der Waals surface area contributed by atoms with Crippen LogP contribution in [0.5, 0.6) is 0 Å². The summed E-state index contributed by atoms with van der Waals surface area (Å²) in [5, 5.41) is 0. The predicted molar refractivity (Wildman–Crippen MR) is 53.7 cm³/mol. The van der Waals surface area contributed by atoms with Gasteiger partial charge in [-0.2, -0.15) is 0 Å². The average Bonchev–Trinajstić information content (AvgIpc) is 2.55. The molecule has 0 amide bonds. The molecule has 2 aromatic carbocycles. The van der Waals surface area contributed by atoms with Crippen LogP contribution in [0.3, 0.4) is 0 Å². The van der Waals surface area contributed by atoms with Crippen molar-refractivity contribution in [2.45, 2.75) is 4.63 Å². The minimum atomic E-state index is 0. The average molecular weight is 287 g/mol. The van der Waals surface area contributed by atoms with E-state index < -0.39 is 0 Å². The molecule has 0 radical (unpaired) electrons. The Balaban J connectivity index is 0.000000640. The first-order chi connectivity index (χ1) is 6.88. The molecule has 1 aliphatic carbocycles. The monoisotopic (exact) mass is 286 g/mol. The Labute approximate surface area is 117 Å². The van der Waals surface area contributed by atoms with E-state index in [2.05, 4.69) is 66.0 Å². The molecule has 2 aromatic rings. The van der Waals surface area contributed by atoms with E-state index >= 15 is 0 Å². The Bertz CT molecular complexity index is 451. The van der Waals surface area contributed by atoms with Gasteiger partial charge in [0.05, 0.1) is 0 Å². The molecule has 1 aliphatic rings. The standard InChI is InChI=1S/C13H9.2ClH.V/c1-3-7-12-10(5-1)9-11-6-2-4-8-13(11)12;;;/h1-9H;2*1H;/q;;;+2/p-2. The number of hydrogen-bond donors (Lipinski definition) is 0. The van der Waals surface area contributed by atoms with E-state index in [0.717, 1.165) is 0 Å². The zero-order valence-electron chi connectivity index (χ0n) is 8.40. The fraction of sp³-hybridized carbons (Fsp3) is 0.0769. The Kier molecular flexibility index (Phi) is 4.52. The van der Waals surface area contributed by atoms with Crippen LogP contribution < -0.4 is 24.8 Å². The summed E-state index contributed by atoms with van der Waals surface area (Å²) >= 11 is 2.77. The summed E-state index contributed by atoms with van der Waals surface area (Å²) in [5.41, 5.74) is 5.67. The van der Waals surface area contributed by atoms with Crippen LogP contribution >= 0.6 is 0 Å². The van der Waals surface area contributed by atoms with Gasteiger partial charge in [-0.1, -0.05) is 0 Å². The van der Waals surface area contributed by atoms with Gasteiger partial charge in [-0.15, -0.1) is 0 Å². The summed E-state index contributed by atoms with van der Waals surface area (Å²) in [6, 6.07) is 17.3.